The van der Waals surface area contributed by atoms with Gasteiger partial charge in [0.25, 0.3) is 0 Å². The summed E-state index contributed by atoms with van der Waals surface area (Å²) in [6.07, 6.45) is 13.7. The highest BCUT2D eigenvalue weighted by Crippen LogP contribution is 2.37. The lowest BCUT2D eigenvalue weighted by Gasteiger charge is -2.23. The first kappa shape index (κ1) is 17.4. The molecule has 2 saturated carbocycles. The number of rotatable bonds is 6. The Morgan fingerprint density at radius 1 is 1.29 bits per heavy atom. The van der Waals surface area contributed by atoms with Crippen molar-refractivity contribution < 1.29 is 0 Å². The molecule has 0 saturated heterocycles. The van der Waals surface area contributed by atoms with Crippen LogP contribution in [-0.4, -0.2) is 29.3 Å². The Morgan fingerprint density at radius 2 is 2.04 bits per heavy atom. The molecule has 5 heteroatoms. The highest BCUT2D eigenvalue weighted by Gasteiger charge is 2.23. The SMILES string of the molecule is CN=C/C(=C(\C)CC1CC1)c1nc(NC2CCCCC2)ncc1Cl. The molecule has 0 bridgehead atoms. The van der Waals surface area contributed by atoms with E-state index >= 15 is 0 Å². The summed E-state index contributed by atoms with van der Waals surface area (Å²) in [5, 5.41) is 4.08. The van der Waals surface area contributed by atoms with Gasteiger partial charge in [0.05, 0.1) is 16.9 Å². The molecule has 0 atom stereocenters. The molecule has 4 nitrogen and oxygen atoms in total. The topological polar surface area (TPSA) is 50.2 Å². The van der Waals surface area contributed by atoms with E-state index in [2.05, 4.69) is 22.2 Å². The maximum absolute atomic E-state index is 6.42. The molecule has 2 aliphatic carbocycles. The summed E-state index contributed by atoms with van der Waals surface area (Å²) in [5.74, 6) is 1.51. The maximum atomic E-state index is 6.42. The van der Waals surface area contributed by atoms with Crippen LogP contribution in [0, 0.1) is 5.92 Å². The third kappa shape index (κ3) is 4.56. The largest absolute Gasteiger partial charge is 0.351 e. The van der Waals surface area contributed by atoms with Gasteiger partial charge in [-0.15, -0.1) is 0 Å². The first-order valence-electron chi connectivity index (χ1n) is 9.08. The molecule has 130 valence electrons. The lowest BCUT2D eigenvalue weighted by molar-refractivity contribution is 0.461. The first-order valence-corrected chi connectivity index (χ1v) is 9.46. The molecule has 1 heterocycles. The molecule has 2 fully saturated rings. The van der Waals surface area contributed by atoms with Crippen molar-refractivity contribution in [2.24, 2.45) is 10.9 Å². The van der Waals surface area contributed by atoms with Crippen LogP contribution in [0.3, 0.4) is 0 Å². The third-order valence-corrected chi connectivity index (χ3v) is 5.22. The molecule has 0 aliphatic heterocycles. The fraction of sp³-hybridized carbons (Fsp3) is 0.632. The molecular weight excluding hydrogens is 320 g/mol. The standard InChI is InChI=1S/C19H27ClN4/c1-13(10-14-8-9-14)16(11-21-2)18-17(20)12-22-19(24-18)23-15-6-4-3-5-7-15/h11-12,14-15H,3-10H2,1-2H3,(H,22,23,24)/b16-13-,21-11?. The lowest BCUT2D eigenvalue weighted by atomic mass is 9.96. The average Bonchev–Trinajstić information content (AvgIpc) is 3.39. The fourth-order valence-electron chi connectivity index (χ4n) is 3.42. The second kappa shape index (κ2) is 8.11. The van der Waals surface area contributed by atoms with Crippen molar-refractivity contribution in [1.82, 2.24) is 9.97 Å². The van der Waals surface area contributed by atoms with E-state index in [0.29, 0.717) is 17.0 Å². The van der Waals surface area contributed by atoms with Gasteiger partial charge in [-0.2, -0.15) is 0 Å². The second-order valence-electron chi connectivity index (χ2n) is 7.10. The van der Waals surface area contributed by atoms with E-state index in [0.717, 1.165) is 23.6 Å². The average molecular weight is 347 g/mol. The van der Waals surface area contributed by atoms with Crippen molar-refractivity contribution in [3.05, 3.63) is 22.5 Å². The van der Waals surface area contributed by atoms with Gasteiger partial charge < -0.3 is 5.32 Å². The van der Waals surface area contributed by atoms with E-state index in [9.17, 15) is 0 Å². The molecular formula is C19H27ClN4. The zero-order chi connectivity index (χ0) is 16.9. The number of hydrogen-bond acceptors (Lipinski definition) is 4. The van der Waals surface area contributed by atoms with Gasteiger partial charge in [-0.3, -0.25) is 4.99 Å². The summed E-state index contributed by atoms with van der Waals surface area (Å²) >= 11 is 6.42. The minimum Gasteiger partial charge on any atom is -0.351 e. The Kier molecular flexibility index (Phi) is 5.88. The number of aliphatic imine (C=N–C) groups is 1. The molecule has 0 spiro atoms. The number of halogens is 1. The van der Waals surface area contributed by atoms with Gasteiger partial charge in [-0.1, -0.05) is 36.4 Å². The third-order valence-electron chi connectivity index (χ3n) is 4.95. The monoisotopic (exact) mass is 346 g/mol. The molecule has 1 N–H and O–H groups in total. The minimum absolute atomic E-state index is 0.479. The predicted molar refractivity (Wildman–Crippen MR) is 102 cm³/mol. The molecule has 0 aromatic carbocycles. The highest BCUT2D eigenvalue weighted by atomic mass is 35.5. The molecule has 0 unspecified atom stereocenters. The Bertz CT molecular complexity index is 628. The smallest absolute Gasteiger partial charge is 0.223 e. The Morgan fingerprint density at radius 3 is 2.71 bits per heavy atom. The lowest BCUT2D eigenvalue weighted by Crippen LogP contribution is -2.23. The van der Waals surface area contributed by atoms with E-state index in [1.807, 2.05) is 6.21 Å². The highest BCUT2D eigenvalue weighted by molar-refractivity contribution is 6.33. The van der Waals surface area contributed by atoms with Crippen LogP contribution in [0.2, 0.25) is 5.02 Å². The molecule has 0 radical (unpaired) electrons. The van der Waals surface area contributed by atoms with Crippen LogP contribution in [-0.2, 0) is 0 Å². The molecule has 24 heavy (non-hydrogen) atoms. The quantitative estimate of drug-likeness (QED) is 0.725. The number of anilines is 1. The summed E-state index contributed by atoms with van der Waals surface area (Å²) in [5.41, 5.74) is 3.16. The Hall–Kier alpha value is -1.42. The zero-order valence-electron chi connectivity index (χ0n) is 14.7. The van der Waals surface area contributed by atoms with Crippen LogP contribution in [0.4, 0.5) is 5.95 Å². The number of nitrogens with zero attached hydrogens (tertiary/aromatic N) is 3. The van der Waals surface area contributed by atoms with Crippen molar-refractivity contribution in [2.45, 2.75) is 64.3 Å². The van der Waals surface area contributed by atoms with Crippen LogP contribution in [0.1, 0.15) is 64.0 Å². The van der Waals surface area contributed by atoms with Crippen molar-refractivity contribution in [1.29, 1.82) is 0 Å². The van der Waals surface area contributed by atoms with Crippen LogP contribution in [0.25, 0.3) is 5.57 Å². The fourth-order valence-corrected chi connectivity index (χ4v) is 3.62. The Labute approximate surface area is 149 Å². The summed E-state index contributed by atoms with van der Waals surface area (Å²) in [6.45, 7) is 2.17. The van der Waals surface area contributed by atoms with Gasteiger partial charge in [-0.05, 0) is 44.9 Å². The number of nitrogens with one attached hydrogen (secondary N) is 1. The molecule has 1 aromatic heterocycles. The summed E-state index contributed by atoms with van der Waals surface area (Å²) < 4.78 is 0. The van der Waals surface area contributed by atoms with Gasteiger partial charge in [0.1, 0.15) is 0 Å². The van der Waals surface area contributed by atoms with Crippen LogP contribution >= 0.6 is 11.6 Å². The van der Waals surface area contributed by atoms with Gasteiger partial charge in [0.2, 0.25) is 5.95 Å². The van der Waals surface area contributed by atoms with Crippen LogP contribution in [0.5, 0.6) is 0 Å². The van der Waals surface area contributed by atoms with Gasteiger partial charge in [-0.25, -0.2) is 9.97 Å². The van der Waals surface area contributed by atoms with Gasteiger partial charge in [0, 0.05) is 24.9 Å². The van der Waals surface area contributed by atoms with E-state index < -0.39 is 0 Å². The normalized spacial score (nSPS) is 20.3. The minimum atomic E-state index is 0.479. The van der Waals surface area contributed by atoms with Crippen LogP contribution in [0.15, 0.2) is 16.8 Å². The van der Waals surface area contributed by atoms with E-state index in [4.69, 9.17) is 16.6 Å². The second-order valence-corrected chi connectivity index (χ2v) is 7.51. The summed E-state index contributed by atoms with van der Waals surface area (Å²) in [6, 6.07) is 0.479. The number of allylic oxidation sites excluding steroid dienone is 2. The molecule has 0 amide bonds. The van der Waals surface area contributed by atoms with E-state index in [1.165, 1.54) is 50.5 Å². The van der Waals surface area contributed by atoms with Crippen LogP contribution < -0.4 is 5.32 Å². The van der Waals surface area contributed by atoms with E-state index in [-0.39, 0.29) is 0 Å². The molecule has 1 aromatic rings. The van der Waals surface area contributed by atoms with Crippen molar-refractivity contribution >= 4 is 29.3 Å². The van der Waals surface area contributed by atoms with Crippen molar-refractivity contribution in [3.63, 3.8) is 0 Å². The van der Waals surface area contributed by atoms with Gasteiger partial charge >= 0.3 is 0 Å². The summed E-state index contributed by atoms with van der Waals surface area (Å²) in [7, 11) is 1.79. The van der Waals surface area contributed by atoms with Crippen molar-refractivity contribution in [3.8, 4) is 0 Å². The predicted octanol–water partition coefficient (Wildman–Crippen LogP) is 5.15. The van der Waals surface area contributed by atoms with E-state index in [1.54, 1.807) is 13.2 Å². The Balaban J connectivity index is 1.85. The number of hydrogen-bond donors (Lipinski definition) is 1. The maximum Gasteiger partial charge on any atom is 0.223 e. The number of aromatic nitrogens is 2. The van der Waals surface area contributed by atoms with Gasteiger partial charge in [0.15, 0.2) is 0 Å². The first-order chi connectivity index (χ1) is 11.7. The molecule has 2 aliphatic rings. The summed E-state index contributed by atoms with van der Waals surface area (Å²) in [4.78, 5) is 13.3. The van der Waals surface area contributed by atoms with Crippen molar-refractivity contribution in [2.75, 3.05) is 12.4 Å². The molecule has 3 rings (SSSR count). The zero-order valence-corrected chi connectivity index (χ0v) is 15.4.